The van der Waals surface area contributed by atoms with Gasteiger partial charge in [-0.15, -0.1) is 11.6 Å². The Balaban J connectivity index is 2.01. The van der Waals surface area contributed by atoms with Crippen LogP contribution in [0.1, 0.15) is 44.6 Å². The van der Waals surface area contributed by atoms with E-state index in [1.165, 1.54) is 32.1 Å². The molecule has 3 nitrogen and oxygen atoms in total. The number of nitro groups is 1. The molecule has 1 fully saturated rings. The summed E-state index contributed by atoms with van der Waals surface area (Å²) >= 11 is 6.60. The van der Waals surface area contributed by atoms with Crippen molar-refractivity contribution in [1.29, 1.82) is 0 Å². The molecule has 0 aliphatic heterocycles. The smallest absolute Gasteiger partial charge is 0.258 e. The lowest BCUT2D eigenvalue weighted by atomic mass is 9.72. The Bertz CT molecular complexity index is 438. The molecule has 0 aromatic heterocycles. The lowest BCUT2D eigenvalue weighted by Crippen LogP contribution is -2.32. The van der Waals surface area contributed by atoms with E-state index in [0.29, 0.717) is 0 Å². The minimum absolute atomic E-state index is 0.106. The van der Waals surface area contributed by atoms with E-state index in [0.717, 1.165) is 12.0 Å². The highest BCUT2D eigenvalue weighted by atomic mass is 35.5. The van der Waals surface area contributed by atoms with Crippen molar-refractivity contribution >= 4 is 17.3 Å². The zero-order valence-electron chi connectivity index (χ0n) is 11.3. The van der Waals surface area contributed by atoms with Crippen LogP contribution in [-0.2, 0) is 6.42 Å². The van der Waals surface area contributed by atoms with E-state index in [1.54, 1.807) is 12.1 Å². The summed E-state index contributed by atoms with van der Waals surface area (Å²) < 4.78 is 0. The molecule has 0 heterocycles. The van der Waals surface area contributed by atoms with Gasteiger partial charge in [-0.05, 0) is 30.2 Å². The third-order valence-electron chi connectivity index (χ3n) is 4.31. The molecule has 1 aliphatic carbocycles. The first kappa shape index (κ1) is 14.3. The molecule has 0 spiro atoms. The van der Waals surface area contributed by atoms with E-state index in [4.69, 9.17) is 11.6 Å². The maximum Gasteiger partial charge on any atom is 0.269 e. The van der Waals surface area contributed by atoms with Crippen LogP contribution in [0.2, 0.25) is 0 Å². The van der Waals surface area contributed by atoms with Crippen LogP contribution in [-0.4, -0.2) is 10.3 Å². The lowest BCUT2D eigenvalue weighted by molar-refractivity contribution is -0.384. The summed E-state index contributed by atoms with van der Waals surface area (Å²) in [7, 11) is 0. The molecule has 0 amide bonds. The summed E-state index contributed by atoms with van der Waals surface area (Å²) in [6.45, 7) is 2.27. The molecule has 1 aliphatic rings. The third-order valence-corrected chi connectivity index (χ3v) is 5.00. The van der Waals surface area contributed by atoms with Crippen LogP contribution >= 0.6 is 11.6 Å². The number of nitrogens with zero attached hydrogens (tertiary/aromatic N) is 1. The molecule has 1 aromatic carbocycles. The molecule has 4 heteroatoms. The van der Waals surface area contributed by atoms with Crippen molar-refractivity contribution in [3.8, 4) is 0 Å². The van der Waals surface area contributed by atoms with E-state index in [1.807, 2.05) is 12.1 Å². The van der Waals surface area contributed by atoms with Gasteiger partial charge in [0.05, 0.1) is 4.92 Å². The highest BCUT2D eigenvalue weighted by molar-refractivity contribution is 6.21. The first-order valence-corrected chi connectivity index (χ1v) is 7.32. The number of rotatable bonds is 4. The van der Waals surface area contributed by atoms with Crippen LogP contribution in [0, 0.1) is 15.5 Å². The quantitative estimate of drug-likeness (QED) is 0.455. The summed E-state index contributed by atoms with van der Waals surface area (Å²) in [6.07, 6.45) is 7.01. The average molecular weight is 282 g/mol. The van der Waals surface area contributed by atoms with Crippen LogP contribution in [0.25, 0.3) is 0 Å². The molecule has 1 saturated carbocycles. The van der Waals surface area contributed by atoms with Gasteiger partial charge in [0, 0.05) is 17.5 Å². The number of halogens is 1. The van der Waals surface area contributed by atoms with Crippen LogP contribution in [0.15, 0.2) is 24.3 Å². The third kappa shape index (κ3) is 3.47. The van der Waals surface area contributed by atoms with Gasteiger partial charge < -0.3 is 0 Å². The Labute approximate surface area is 119 Å². The van der Waals surface area contributed by atoms with E-state index < -0.39 is 0 Å². The molecule has 19 heavy (non-hydrogen) atoms. The van der Waals surface area contributed by atoms with Crippen molar-refractivity contribution in [3.05, 3.63) is 39.9 Å². The second-order valence-electron chi connectivity index (χ2n) is 5.81. The number of benzene rings is 1. The molecular formula is C15H20ClNO2. The first-order valence-electron chi connectivity index (χ1n) is 6.89. The van der Waals surface area contributed by atoms with Crippen LogP contribution in [0.4, 0.5) is 5.69 Å². The maximum atomic E-state index is 10.6. The minimum Gasteiger partial charge on any atom is -0.258 e. The van der Waals surface area contributed by atoms with Crippen molar-refractivity contribution in [1.82, 2.24) is 0 Å². The topological polar surface area (TPSA) is 43.1 Å². The monoisotopic (exact) mass is 281 g/mol. The zero-order valence-corrected chi connectivity index (χ0v) is 12.0. The number of nitro benzene ring substituents is 1. The molecule has 0 N–H and O–H groups in total. The fraction of sp³-hybridized carbons (Fsp3) is 0.600. The van der Waals surface area contributed by atoms with Crippen LogP contribution in [0.3, 0.4) is 0 Å². The SMILES string of the molecule is CC1(C(Cl)Cc2ccc([N+](=O)[O-])cc2)CCCCC1. The van der Waals surface area contributed by atoms with Gasteiger partial charge in [0.1, 0.15) is 0 Å². The van der Waals surface area contributed by atoms with E-state index in [2.05, 4.69) is 6.92 Å². The van der Waals surface area contributed by atoms with Gasteiger partial charge >= 0.3 is 0 Å². The lowest BCUT2D eigenvalue weighted by Gasteiger charge is -2.37. The van der Waals surface area contributed by atoms with Gasteiger partial charge in [0.25, 0.3) is 5.69 Å². The fourth-order valence-corrected chi connectivity index (χ4v) is 3.28. The molecule has 0 saturated heterocycles. The van der Waals surface area contributed by atoms with Crippen molar-refractivity contribution in [2.45, 2.75) is 50.8 Å². The Kier molecular flexibility index (Phi) is 4.46. The predicted octanol–water partition coefficient (Wildman–Crippen LogP) is 4.72. The van der Waals surface area contributed by atoms with Crippen molar-refractivity contribution in [3.63, 3.8) is 0 Å². The summed E-state index contributed by atoms with van der Waals surface area (Å²) in [4.78, 5) is 10.2. The Morgan fingerprint density at radius 2 is 1.84 bits per heavy atom. The van der Waals surface area contributed by atoms with Crippen LogP contribution in [0.5, 0.6) is 0 Å². The van der Waals surface area contributed by atoms with E-state index in [-0.39, 0.29) is 21.4 Å². The Hall–Kier alpha value is -1.09. The maximum absolute atomic E-state index is 10.6. The molecule has 0 bridgehead atoms. The molecular weight excluding hydrogens is 262 g/mol. The van der Waals surface area contributed by atoms with Crippen molar-refractivity contribution in [2.24, 2.45) is 5.41 Å². The van der Waals surface area contributed by atoms with Crippen molar-refractivity contribution < 1.29 is 4.92 Å². The minimum atomic E-state index is -0.371. The van der Waals surface area contributed by atoms with Gasteiger partial charge in [-0.1, -0.05) is 38.3 Å². The average Bonchev–Trinajstić information content (AvgIpc) is 2.40. The largest absolute Gasteiger partial charge is 0.269 e. The van der Waals surface area contributed by atoms with E-state index >= 15 is 0 Å². The van der Waals surface area contributed by atoms with Crippen molar-refractivity contribution in [2.75, 3.05) is 0 Å². The number of hydrogen-bond donors (Lipinski definition) is 0. The highest BCUT2D eigenvalue weighted by Gasteiger charge is 2.34. The van der Waals surface area contributed by atoms with E-state index in [9.17, 15) is 10.1 Å². The number of hydrogen-bond acceptors (Lipinski definition) is 2. The van der Waals surface area contributed by atoms with Gasteiger partial charge in [-0.3, -0.25) is 10.1 Å². The van der Waals surface area contributed by atoms with Crippen LogP contribution < -0.4 is 0 Å². The molecule has 1 aromatic rings. The normalized spacial score (nSPS) is 19.9. The summed E-state index contributed by atoms with van der Waals surface area (Å²) in [5, 5.41) is 10.7. The van der Waals surface area contributed by atoms with Gasteiger partial charge in [0.2, 0.25) is 0 Å². The fourth-order valence-electron chi connectivity index (χ4n) is 2.88. The molecule has 0 radical (unpaired) electrons. The summed E-state index contributed by atoms with van der Waals surface area (Å²) in [5.74, 6) is 0. The highest BCUT2D eigenvalue weighted by Crippen LogP contribution is 2.42. The Morgan fingerprint density at radius 3 is 2.37 bits per heavy atom. The number of non-ortho nitro benzene ring substituents is 1. The number of alkyl halides is 1. The second kappa shape index (κ2) is 5.91. The summed E-state index contributed by atoms with van der Waals surface area (Å²) in [5.41, 5.74) is 1.43. The predicted molar refractivity (Wildman–Crippen MR) is 77.6 cm³/mol. The molecule has 1 unspecified atom stereocenters. The second-order valence-corrected chi connectivity index (χ2v) is 6.34. The molecule has 1 atom stereocenters. The molecule has 104 valence electrons. The van der Waals surface area contributed by atoms with Gasteiger partial charge in [0.15, 0.2) is 0 Å². The van der Waals surface area contributed by atoms with Gasteiger partial charge in [-0.2, -0.15) is 0 Å². The Morgan fingerprint density at radius 1 is 1.26 bits per heavy atom. The standard InChI is InChI=1S/C15H20ClNO2/c1-15(9-3-2-4-10-15)14(16)11-12-5-7-13(8-6-12)17(18)19/h5-8,14H,2-4,9-11H2,1H3. The zero-order chi connectivity index (χ0) is 13.9. The summed E-state index contributed by atoms with van der Waals surface area (Å²) in [6, 6.07) is 6.75. The first-order chi connectivity index (χ1) is 9.01. The molecule has 2 rings (SSSR count). The van der Waals surface area contributed by atoms with Gasteiger partial charge in [-0.25, -0.2) is 0 Å².